The zero-order chi connectivity index (χ0) is 17.9. The number of anilines is 1. The first-order valence-corrected chi connectivity index (χ1v) is 9.85. The van der Waals surface area contributed by atoms with Crippen LogP contribution >= 0.6 is 0 Å². The molecule has 0 radical (unpaired) electrons. The number of amides is 2. The lowest BCUT2D eigenvalue weighted by molar-refractivity contribution is -0.122. The molecular weight excluding hydrogens is 312 g/mol. The van der Waals surface area contributed by atoms with E-state index in [4.69, 9.17) is 0 Å². The van der Waals surface area contributed by atoms with E-state index in [1.165, 1.54) is 19.3 Å². The first kappa shape index (κ1) is 19.5. The molecule has 4 heteroatoms. The van der Waals surface area contributed by atoms with Crippen LogP contribution in [0.1, 0.15) is 64.7 Å². The maximum Gasteiger partial charge on any atom is 0.226 e. The summed E-state index contributed by atoms with van der Waals surface area (Å²) in [5, 5.41) is 2.98. The minimum Gasteiger partial charge on any atom is -0.356 e. The number of para-hydroxylation sites is 1. The second kappa shape index (κ2) is 10.9. The van der Waals surface area contributed by atoms with Crippen LogP contribution in [0.25, 0.3) is 0 Å². The summed E-state index contributed by atoms with van der Waals surface area (Å²) in [5.74, 6) is 0.611. The number of carbonyl (C=O) groups is 2. The van der Waals surface area contributed by atoms with E-state index in [1.807, 2.05) is 35.2 Å². The van der Waals surface area contributed by atoms with Crippen molar-refractivity contribution in [3.8, 4) is 0 Å². The van der Waals surface area contributed by atoms with Crippen molar-refractivity contribution >= 4 is 17.5 Å². The Labute approximate surface area is 152 Å². The van der Waals surface area contributed by atoms with E-state index in [0.717, 1.165) is 37.8 Å². The Morgan fingerprint density at radius 2 is 1.76 bits per heavy atom. The molecule has 0 bridgehead atoms. The molecule has 25 heavy (non-hydrogen) atoms. The molecule has 2 rings (SSSR count). The van der Waals surface area contributed by atoms with Gasteiger partial charge in [0.25, 0.3) is 0 Å². The van der Waals surface area contributed by atoms with Gasteiger partial charge in [-0.05, 0) is 37.8 Å². The van der Waals surface area contributed by atoms with Gasteiger partial charge in [-0.3, -0.25) is 9.59 Å². The highest BCUT2D eigenvalue weighted by atomic mass is 16.2. The van der Waals surface area contributed by atoms with Crippen molar-refractivity contribution in [1.82, 2.24) is 5.32 Å². The molecule has 2 amide bonds. The van der Waals surface area contributed by atoms with Crippen molar-refractivity contribution in [1.29, 1.82) is 0 Å². The first-order valence-electron chi connectivity index (χ1n) is 9.85. The van der Waals surface area contributed by atoms with E-state index in [-0.39, 0.29) is 17.7 Å². The summed E-state index contributed by atoms with van der Waals surface area (Å²) < 4.78 is 0. The summed E-state index contributed by atoms with van der Waals surface area (Å²) >= 11 is 0. The van der Waals surface area contributed by atoms with Crippen molar-refractivity contribution in [3.05, 3.63) is 30.3 Å². The number of nitrogens with zero attached hydrogens (tertiary/aromatic N) is 1. The molecule has 0 heterocycles. The average Bonchev–Trinajstić information content (AvgIpc) is 3.47. The number of unbranched alkanes of at least 4 members (excludes halogenated alkanes) is 4. The molecule has 0 aromatic heterocycles. The van der Waals surface area contributed by atoms with Crippen molar-refractivity contribution in [2.75, 3.05) is 18.0 Å². The number of benzene rings is 1. The zero-order valence-corrected chi connectivity index (χ0v) is 15.5. The van der Waals surface area contributed by atoms with Gasteiger partial charge in [-0.2, -0.15) is 0 Å². The maximum atomic E-state index is 12.7. The van der Waals surface area contributed by atoms with Crippen LogP contribution in [-0.2, 0) is 9.59 Å². The number of carbonyl (C=O) groups excluding carboxylic acids is 2. The second-order valence-corrected chi connectivity index (χ2v) is 6.96. The summed E-state index contributed by atoms with van der Waals surface area (Å²) in [7, 11) is 0. The van der Waals surface area contributed by atoms with Gasteiger partial charge in [-0.1, -0.05) is 50.8 Å². The van der Waals surface area contributed by atoms with E-state index in [0.29, 0.717) is 19.5 Å². The second-order valence-electron chi connectivity index (χ2n) is 6.96. The smallest absolute Gasteiger partial charge is 0.226 e. The molecule has 138 valence electrons. The molecule has 1 aromatic carbocycles. The fourth-order valence-electron chi connectivity index (χ4n) is 2.96. The summed E-state index contributed by atoms with van der Waals surface area (Å²) in [6, 6.07) is 9.86. The monoisotopic (exact) mass is 344 g/mol. The molecule has 0 atom stereocenters. The van der Waals surface area contributed by atoms with Gasteiger partial charge in [0.15, 0.2) is 0 Å². The quantitative estimate of drug-likeness (QED) is 0.575. The van der Waals surface area contributed by atoms with Crippen molar-refractivity contribution in [2.45, 2.75) is 64.7 Å². The molecule has 1 aliphatic rings. The van der Waals surface area contributed by atoms with E-state index in [9.17, 15) is 9.59 Å². The fraction of sp³-hybridized carbons (Fsp3) is 0.619. The first-order chi connectivity index (χ1) is 12.2. The summed E-state index contributed by atoms with van der Waals surface area (Å²) in [6.07, 6.45) is 9.20. The SMILES string of the molecule is CCCCCCCC(=O)N(CCCNC(=O)C1CC1)c1ccccc1. The van der Waals surface area contributed by atoms with Crippen molar-refractivity contribution in [3.63, 3.8) is 0 Å². The van der Waals surface area contributed by atoms with Gasteiger partial charge < -0.3 is 10.2 Å². The van der Waals surface area contributed by atoms with Gasteiger partial charge in [0.2, 0.25) is 11.8 Å². The molecule has 1 aliphatic carbocycles. The van der Waals surface area contributed by atoms with Crippen LogP contribution < -0.4 is 10.2 Å². The average molecular weight is 344 g/mol. The minimum atomic E-state index is 0.175. The molecule has 0 aliphatic heterocycles. The molecule has 0 unspecified atom stereocenters. The fourth-order valence-corrected chi connectivity index (χ4v) is 2.96. The topological polar surface area (TPSA) is 49.4 Å². The third kappa shape index (κ3) is 7.29. The predicted octanol–water partition coefficient (Wildman–Crippen LogP) is 4.30. The summed E-state index contributed by atoms with van der Waals surface area (Å²) in [4.78, 5) is 26.2. The highest BCUT2D eigenvalue weighted by Crippen LogP contribution is 2.28. The van der Waals surface area contributed by atoms with Crippen LogP contribution in [0, 0.1) is 5.92 Å². The molecule has 1 aromatic rings. The van der Waals surface area contributed by atoms with Gasteiger partial charge in [0, 0.05) is 31.1 Å². The van der Waals surface area contributed by atoms with E-state index in [1.54, 1.807) is 0 Å². The lowest BCUT2D eigenvalue weighted by Crippen LogP contribution is -2.34. The van der Waals surface area contributed by atoms with Crippen molar-refractivity contribution in [2.24, 2.45) is 5.92 Å². The number of rotatable bonds is 12. The maximum absolute atomic E-state index is 12.7. The molecule has 1 fully saturated rings. The van der Waals surface area contributed by atoms with Crippen LogP contribution in [0.5, 0.6) is 0 Å². The van der Waals surface area contributed by atoms with E-state index < -0.39 is 0 Å². The van der Waals surface area contributed by atoms with Gasteiger partial charge >= 0.3 is 0 Å². The number of nitrogens with one attached hydrogen (secondary N) is 1. The number of hydrogen-bond acceptors (Lipinski definition) is 2. The molecule has 1 saturated carbocycles. The molecule has 1 N–H and O–H groups in total. The van der Waals surface area contributed by atoms with Gasteiger partial charge in [-0.15, -0.1) is 0 Å². The Morgan fingerprint density at radius 3 is 2.44 bits per heavy atom. The Kier molecular flexibility index (Phi) is 8.50. The lowest BCUT2D eigenvalue weighted by Gasteiger charge is -2.23. The Bertz CT molecular complexity index is 526. The summed E-state index contributed by atoms with van der Waals surface area (Å²) in [6.45, 7) is 3.50. The van der Waals surface area contributed by atoms with Crippen LogP contribution in [0.3, 0.4) is 0 Å². The van der Waals surface area contributed by atoms with E-state index >= 15 is 0 Å². The lowest BCUT2D eigenvalue weighted by atomic mass is 10.1. The van der Waals surface area contributed by atoms with Crippen LogP contribution in [-0.4, -0.2) is 24.9 Å². The third-order valence-corrected chi connectivity index (χ3v) is 4.67. The zero-order valence-electron chi connectivity index (χ0n) is 15.5. The third-order valence-electron chi connectivity index (χ3n) is 4.67. The minimum absolute atomic E-state index is 0.175. The van der Waals surface area contributed by atoms with Gasteiger partial charge in [0.05, 0.1) is 0 Å². The predicted molar refractivity (Wildman–Crippen MR) is 103 cm³/mol. The van der Waals surface area contributed by atoms with Crippen LogP contribution in [0.2, 0.25) is 0 Å². The van der Waals surface area contributed by atoms with Gasteiger partial charge in [0.1, 0.15) is 0 Å². The van der Waals surface area contributed by atoms with Crippen LogP contribution in [0.15, 0.2) is 30.3 Å². The highest BCUT2D eigenvalue weighted by Gasteiger charge is 2.29. The van der Waals surface area contributed by atoms with Gasteiger partial charge in [-0.25, -0.2) is 0 Å². The highest BCUT2D eigenvalue weighted by molar-refractivity contribution is 5.93. The molecule has 0 spiro atoms. The molecule has 0 saturated heterocycles. The Hall–Kier alpha value is -1.84. The Balaban J connectivity index is 1.78. The van der Waals surface area contributed by atoms with Crippen LogP contribution in [0.4, 0.5) is 5.69 Å². The normalized spacial score (nSPS) is 13.5. The standard InChI is InChI=1S/C21H32N2O2/c1-2-3-4-5-9-13-20(24)23(19-11-7-6-8-12-19)17-10-16-22-21(25)18-14-15-18/h6-8,11-12,18H,2-5,9-10,13-17H2,1H3,(H,22,25). The molecular formula is C21H32N2O2. The Morgan fingerprint density at radius 1 is 1.04 bits per heavy atom. The molecule has 4 nitrogen and oxygen atoms in total. The summed E-state index contributed by atoms with van der Waals surface area (Å²) in [5.41, 5.74) is 0.953. The largest absolute Gasteiger partial charge is 0.356 e. The van der Waals surface area contributed by atoms with E-state index in [2.05, 4.69) is 12.2 Å². The number of hydrogen-bond donors (Lipinski definition) is 1. The van der Waals surface area contributed by atoms with Crippen molar-refractivity contribution < 1.29 is 9.59 Å².